The van der Waals surface area contributed by atoms with Gasteiger partial charge in [-0.15, -0.1) is 0 Å². The normalized spacial score (nSPS) is 35.9. The second-order valence-electron chi connectivity index (χ2n) is 6.32. The van der Waals surface area contributed by atoms with E-state index in [-0.39, 0.29) is 0 Å². The van der Waals surface area contributed by atoms with Crippen LogP contribution in [0.3, 0.4) is 0 Å². The minimum Gasteiger partial charge on any atom is -0.327 e. The Bertz CT molecular complexity index is 283. The number of rotatable bonds is 2. The molecule has 2 rings (SSSR count). The molecule has 2 fully saturated rings. The van der Waals surface area contributed by atoms with E-state index >= 15 is 0 Å². The van der Waals surface area contributed by atoms with E-state index in [1.54, 1.807) is 0 Å². The zero-order chi connectivity index (χ0) is 12.5. The quantitative estimate of drug-likeness (QED) is 0.810. The fourth-order valence-corrected chi connectivity index (χ4v) is 4.33. The number of hydrogen-bond donors (Lipinski definition) is 1. The largest absolute Gasteiger partial charge is 0.327 e. The lowest BCUT2D eigenvalue weighted by Gasteiger charge is -2.44. The maximum atomic E-state index is 11.3. The van der Waals surface area contributed by atoms with Crippen LogP contribution in [0.1, 0.15) is 33.1 Å². The molecule has 0 bridgehead atoms. The summed E-state index contributed by atoms with van der Waals surface area (Å²) < 4.78 is 11.3. The van der Waals surface area contributed by atoms with Crippen molar-refractivity contribution < 1.29 is 4.21 Å². The Balaban J connectivity index is 1.88. The third-order valence-electron chi connectivity index (χ3n) is 4.57. The Morgan fingerprint density at radius 1 is 1.35 bits per heavy atom. The van der Waals surface area contributed by atoms with Crippen molar-refractivity contribution in [1.29, 1.82) is 0 Å². The Morgan fingerprint density at radius 2 is 2.00 bits per heavy atom. The Morgan fingerprint density at radius 3 is 2.65 bits per heavy atom. The highest BCUT2D eigenvalue weighted by molar-refractivity contribution is 7.85. The Kier molecular flexibility index (Phi) is 4.26. The summed E-state index contributed by atoms with van der Waals surface area (Å²) in [5.41, 5.74) is 6.71. The molecule has 2 N–H and O–H groups in total. The van der Waals surface area contributed by atoms with E-state index in [0.717, 1.165) is 31.1 Å². The highest BCUT2D eigenvalue weighted by Crippen LogP contribution is 2.38. The SMILES string of the molecule is CC1(C)CCCC(CN2CCS(=O)CC2)C1N. The summed E-state index contributed by atoms with van der Waals surface area (Å²) >= 11 is 0. The summed E-state index contributed by atoms with van der Waals surface area (Å²) in [6.45, 7) is 7.71. The van der Waals surface area contributed by atoms with Crippen LogP contribution in [0, 0.1) is 11.3 Å². The van der Waals surface area contributed by atoms with Crippen LogP contribution in [0.5, 0.6) is 0 Å². The maximum Gasteiger partial charge on any atom is 0.0363 e. The van der Waals surface area contributed by atoms with Gasteiger partial charge in [0.2, 0.25) is 0 Å². The Labute approximate surface area is 108 Å². The second-order valence-corrected chi connectivity index (χ2v) is 8.01. The van der Waals surface area contributed by atoms with Crippen molar-refractivity contribution in [3.63, 3.8) is 0 Å². The van der Waals surface area contributed by atoms with Gasteiger partial charge in [-0.25, -0.2) is 0 Å². The van der Waals surface area contributed by atoms with E-state index in [1.165, 1.54) is 19.3 Å². The van der Waals surface area contributed by atoms with Crippen molar-refractivity contribution in [2.45, 2.75) is 39.2 Å². The predicted molar refractivity (Wildman–Crippen MR) is 73.4 cm³/mol. The number of nitrogens with zero attached hydrogens (tertiary/aromatic N) is 1. The van der Waals surface area contributed by atoms with Crippen molar-refractivity contribution >= 4 is 10.8 Å². The minimum absolute atomic E-state index is 0.293. The summed E-state index contributed by atoms with van der Waals surface area (Å²) in [5.74, 6) is 2.33. The molecule has 1 saturated carbocycles. The summed E-state index contributed by atoms with van der Waals surface area (Å²) in [4.78, 5) is 2.47. The number of hydrogen-bond acceptors (Lipinski definition) is 3. The molecule has 4 heteroatoms. The molecular formula is C13H26N2OS. The van der Waals surface area contributed by atoms with Gasteiger partial charge in [0.15, 0.2) is 0 Å². The highest BCUT2D eigenvalue weighted by Gasteiger charge is 2.37. The van der Waals surface area contributed by atoms with E-state index in [2.05, 4.69) is 18.7 Å². The van der Waals surface area contributed by atoms with E-state index in [9.17, 15) is 4.21 Å². The molecule has 1 aliphatic carbocycles. The fraction of sp³-hybridized carbons (Fsp3) is 1.00. The van der Waals surface area contributed by atoms with E-state index in [1.807, 2.05) is 0 Å². The van der Waals surface area contributed by atoms with Gasteiger partial charge in [-0.3, -0.25) is 4.21 Å². The van der Waals surface area contributed by atoms with Gasteiger partial charge in [0.25, 0.3) is 0 Å². The Hall–Kier alpha value is 0.0700. The lowest BCUT2D eigenvalue weighted by Crippen LogP contribution is -2.51. The number of nitrogens with two attached hydrogens (primary N) is 1. The van der Waals surface area contributed by atoms with Crippen LogP contribution in [-0.2, 0) is 10.8 Å². The van der Waals surface area contributed by atoms with Gasteiger partial charge in [0, 0.05) is 48.0 Å². The summed E-state index contributed by atoms with van der Waals surface area (Å²) in [5, 5.41) is 0. The van der Waals surface area contributed by atoms with Crippen LogP contribution in [0.15, 0.2) is 0 Å². The molecule has 0 aromatic rings. The zero-order valence-electron chi connectivity index (χ0n) is 11.2. The molecule has 1 saturated heterocycles. The van der Waals surface area contributed by atoms with Crippen LogP contribution in [0.25, 0.3) is 0 Å². The standard InChI is InChI=1S/C13H26N2OS/c1-13(2)5-3-4-11(12(13)14)10-15-6-8-17(16)9-7-15/h11-12H,3-10,14H2,1-2H3. The molecule has 0 amide bonds. The van der Waals surface area contributed by atoms with Gasteiger partial charge in [-0.2, -0.15) is 0 Å². The van der Waals surface area contributed by atoms with Crippen LogP contribution < -0.4 is 5.73 Å². The molecule has 3 nitrogen and oxygen atoms in total. The summed E-state index contributed by atoms with van der Waals surface area (Å²) in [6.07, 6.45) is 3.84. The molecule has 100 valence electrons. The first-order valence-electron chi connectivity index (χ1n) is 6.82. The first-order chi connectivity index (χ1) is 7.99. The minimum atomic E-state index is -0.564. The van der Waals surface area contributed by atoms with Crippen molar-refractivity contribution in [3.8, 4) is 0 Å². The van der Waals surface area contributed by atoms with Gasteiger partial charge in [-0.05, 0) is 24.2 Å². The topological polar surface area (TPSA) is 46.3 Å². The van der Waals surface area contributed by atoms with Gasteiger partial charge < -0.3 is 10.6 Å². The van der Waals surface area contributed by atoms with Gasteiger partial charge in [-0.1, -0.05) is 20.3 Å². The van der Waals surface area contributed by atoms with Crippen LogP contribution in [-0.4, -0.2) is 46.3 Å². The molecule has 2 unspecified atom stereocenters. The average molecular weight is 258 g/mol. The van der Waals surface area contributed by atoms with E-state index < -0.39 is 10.8 Å². The second kappa shape index (κ2) is 5.37. The first-order valence-corrected chi connectivity index (χ1v) is 8.31. The molecule has 2 atom stereocenters. The van der Waals surface area contributed by atoms with Crippen LogP contribution >= 0.6 is 0 Å². The molecule has 1 heterocycles. The van der Waals surface area contributed by atoms with E-state index in [0.29, 0.717) is 17.4 Å². The fourth-order valence-electron chi connectivity index (χ4n) is 3.20. The van der Waals surface area contributed by atoms with Gasteiger partial charge in [0.1, 0.15) is 0 Å². The third kappa shape index (κ3) is 3.30. The first kappa shape index (κ1) is 13.5. The van der Waals surface area contributed by atoms with Crippen molar-refractivity contribution in [2.24, 2.45) is 17.1 Å². The van der Waals surface area contributed by atoms with Crippen molar-refractivity contribution in [2.75, 3.05) is 31.1 Å². The van der Waals surface area contributed by atoms with Crippen LogP contribution in [0.2, 0.25) is 0 Å². The molecule has 17 heavy (non-hydrogen) atoms. The lowest BCUT2D eigenvalue weighted by atomic mass is 9.68. The summed E-state index contributed by atoms with van der Waals surface area (Å²) in [7, 11) is -0.564. The van der Waals surface area contributed by atoms with Crippen molar-refractivity contribution in [1.82, 2.24) is 4.90 Å². The monoisotopic (exact) mass is 258 g/mol. The van der Waals surface area contributed by atoms with Crippen molar-refractivity contribution in [3.05, 3.63) is 0 Å². The molecule has 1 aliphatic heterocycles. The molecule has 0 spiro atoms. The molecule has 2 aliphatic rings. The third-order valence-corrected chi connectivity index (χ3v) is 5.85. The van der Waals surface area contributed by atoms with E-state index in [4.69, 9.17) is 5.73 Å². The highest BCUT2D eigenvalue weighted by atomic mass is 32.2. The van der Waals surface area contributed by atoms with Crippen LogP contribution in [0.4, 0.5) is 0 Å². The smallest absolute Gasteiger partial charge is 0.0363 e. The zero-order valence-corrected chi connectivity index (χ0v) is 12.0. The van der Waals surface area contributed by atoms with Gasteiger partial charge in [0.05, 0.1) is 0 Å². The molecular weight excluding hydrogens is 232 g/mol. The predicted octanol–water partition coefficient (Wildman–Crippen LogP) is 1.20. The molecule has 0 radical (unpaired) electrons. The molecule has 0 aromatic heterocycles. The molecule has 0 aromatic carbocycles. The lowest BCUT2D eigenvalue weighted by molar-refractivity contribution is 0.105. The summed E-state index contributed by atoms with van der Waals surface area (Å²) in [6, 6.07) is 0.323. The average Bonchev–Trinajstić information content (AvgIpc) is 2.28. The van der Waals surface area contributed by atoms with Gasteiger partial charge >= 0.3 is 0 Å². The maximum absolute atomic E-state index is 11.3.